The van der Waals surface area contributed by atoms with Gasteiger partial charge in [0.05, 0.1) is 0 Å². The maximum absolute atomic E-state index is 12.9. The van der Waals surface area contributed by atoms with Gasteiger partial charge in [0.15, 0.2) is 0 Å². The number of benzene rings is 1. The first-order valence-corrected chi connectivity index (χ1v) is 9.42. The van der Waals surface area contributed by atoms with Gasteiger partial charge in [0.25, 0.3) is 10.0 Å². The van der Waals surface area contributed by atoms with Crippen LogP contribution in [-0.2, 0) is 14.8 Å². The van der Waals surface area contributed by atoms with Gasteiger partial charge in [-0.05, 0) is 48.6 Å². The molecule has 1 N–H and O–H groups in total. The van der Waals surface area contributed by atoms with Gasteiger partial charge in [0.2, 0.25) is 5.91 Å². The van der Waals surface area contributed by atoms with Crippen LogP contribution in [0.1, 0.15) is 12.8 Å². The third-order valence-electron chi connectivity index (χ3n) is 3.68. The number of hydrogen-bond acceptors (Lipinski definition) is 4. The van der Waals surface area contributed by atoms with E-state index in [1.807, 2.05) is 0 Å². The Balaban J connectivity index is 1.79. The molecule has 0 spiro atoms. The zero-order valence-electron chi connectivity index (χ0n) is 12.1. The lowest BCUT2D eigenvalue weighted by molar-refractivity contribution is -0.119. The van der Waals surface area contributed by atoms with Crippen LogP contribution < -0.4 is 5.32 Å². The molecule has 0 aliphatic carbocycles. The van der Waals surface area contributed by atoms with Crippen molar-refractivity contribution in [3.05, 3.63) is 47.6 Å². The highest BCUT2D eigenvalue weighted by Crippen LogP contribution is 2.29. The summed E-state index contributed by atoms with van der Waals surface area (Å²) in [6.45, 7) is 0.321. The van der Waals surface area contributed by atoms with Crippen LogP contribution in [0.2, 0.25) is 0 Å². The summed E-state index contributed by atoms with van der Waals surface area (Å²) in [6.07, 6.45) is 1.10. The number of carbonyl (C=O) groups is 1. The highest BCUT2D eigenvalue weighted by molar-refractivity contribution is 7.91. The van der Waals surface area contributed by atoms with E-state index in [1.54, 1.807) is 11.4 Å². The summed E-state index contributed by atoms with van der Waals surface area (Å²) in [5, 5.41) is 4.34. The minimum atomic E-state index is -3.66. The lowest BCUT2D eigenvalue weighted by Gasteiger charge is -2.22. The van der Waals surface area contributed by atoms with E-state index < -0.39 is 27.8 Å². The Bertz CT molecular complexity index is 789. The number of nitrogens with zero attached hydrogens (tertiary/aromatic N) is 1. The topological polar surface area (TPSA) is 66.5 Å². The van der Waals surface area contributed by atoms with Crippen molar-refractivity contribution in [3.63, 3.8) is 0 Å². The zero-order valence-corrected chi connectivity index (χ0v) is 13.7. The molecule has 0 unspecified atom stereocenters. The van der Waals surface area contributed by atoms with Gasteiger partial charge < -0.3 is 5.32 Å². The quantitative estimate of drug-likeness (QED) is 0.918. The Hall–Kier alpha value is -1.77. The molecule has 2 heterocycles. The summed E-state index contributed by atoms with van der Waals surface area (Å²) >= 11 is 1.13. The average molecular weight is 354 g/mol. The number of hydrogen-bond donors (Lipinski definition) is 1. The summed E-state index contributed by atoms with van der Waals surface area (Å²) in [4.78, 5) is 12.4. The fourth-order valence-corrected chi connectivity index (χ4v) is 5.35. The molecule has 1 aromatic heterocycles. The maximum atomic E-state index is 12.9. The first-order valence-electron chi connectivity index (χ1n) is 7.10. The molecule has 122 valence electrons. The number of nitrogens with one attached hydrogen (secondary N) is 1. The van der Waals surface area contributed by atoms with Crippen molar-refractivity contribution in [3.8, 4) is 0 Å². The molecule has 2 aromatic rings. The molecule has 0 radical (unpaired) electrons. The van der Waals surface area contributed by atoms with Crippen LogP contribution in [0.4, 0.5) is 10.1 Å². The second-order valence-corrected chi connectivity index (χ2v) is 8.27. The SMILES string of the molecule is O=C(Nc1ccc(F)cc1)[C@H]1CCCN1S(=O)(=O)c1cccs1. The molecule has 1 aliphatic heterocycles. The number of thiophene rings is 1. The van der Waals surface area contributed by atoms with Crippen LogP contribution in [0, 0.1) is 5.82 Å². The first-order chi connectivity index (χ1) is 11.0. The molecule has 5 nitrogen and oxygen atoms in total. The van der Waals surface area contributed by atoms with E-state index in [1.165, 1.54) is 34.6 Å². The summed E-state index contributed by atoms with van der Waals surface area (Å²) in [7, 11) is -3.66. The second-order valence-electron chi connectivity index (χ2n) is 5.20. The van der Waals surface area contributed by atoms with E-state index in [0.29, 0.717) is 25.1 Å². The molecule has 1 aliphatic rings. The minimum Gasteiger partial charge on any atom is -0.325 e. The Morgan fingerprint density at radius 3 is 2.65 bits per heavy atom. The number of halogens is 1. The zero-order chi connectivity index (χ0) is 16.4. The fraction of sp³-hybridized carbons (Fsp3) is 0.267. The molecule has 1 amide bonds. The number of carbonyl (C=O) groups excluding carboxylic acids is 1. The van der Waals surface area contributed by atoms with Crippen LogP contribution in [0.5, 0.6) is 0 Å². The van der Waals surface area contributed by atoms with Crippen molar-refractivity contribution in [2.75, 3.05) is 11.9 Å². The summed E-state index contributed by atoms with van der Waals surface area (Å²) < 4.78 is 39.6. The van der Waals surface area contributed by atoms with Gasteiger partial charge >= 0.3 is 0 Å². The number of anilines is 1. The summed E-state index contributed by atoms with van der Waals surface area (Å²) in [5.74, 6) is -0.792. The first kappa shape index (κ1) is 16.1. The molecular formula is C15H15FN2O3S2. The smallest absolute Gasteiger partial charge is 0.253 e. The molecule has 0 bridgehead atoms. The summed E-state index contributed by atoms with van der Waals surface area (Å²) in [5.41, 5.74) is 0.441. The predicted octanol–water partition coefficient (Wildman–Crippen LogP) is 2.68. The van der Waals surface area contributed by atoms with E-state index in [2.05, 4.69) is 5.32 Å². The standard InChI is InChI=1S/C15H15FN2O3S2/c16-11-5-7-12(8-6-11)17-15(19)13-3-1-9-18(13)23(20,21)14-4-2-10-22-14/h2,4-8,10,13H,1,3,9H2,(H,17,19)/t13-/m1/s1. The maximum Gasteiger partial charge on any atom is 0.253 e. The van der Waals surface area contributed by atoms with E-state index in [-0.39, 0.29) is 4.21 Å². The number of amides is 1. The third-order valence-corrected chi connectivity index (χ3v) is 6.96. The Labute approximate surface area is 137 Å². The van der Waals surface area contributed by atoms with E-state index in [9.17, 15) is 17.6 Å². The summed E-state index contributed by atoms with van der Waals surface area (Å²) in [6, 6.07) is 7.83. The highest BCUT2D eigenvalue weighted by atomic mass is 32.2. The number of rotatable bonds is 4. The number of sulfonamides is 1. The van der Waals surface area contributed by atoms with Crippen LogP contribution in [0.15, 0.2) is 46.0 Å². The van der Waals surface area contributed by atoms with Gasteiger partial charge in [0, 0.05) is 12.2 Å². The van der Waals surface area contributed by atoms with E-state index in [0.717, 1.165) is 11.3 Å². The highest BCUT2D eigenvalue weighted by Gasteiger charge is 2.39. The normalized spacial score (nSPS) is 18.9. The molecule has 1 atom stereocenters. The fourth-order valence-electron chi connectivity index (χ4n) is 2.57. The molecule has 1 saturated heterocycles. The lowest BCUT2D eigenvalue weighted by Crippen LogP contribution is -2.42. The monoisotopic (exact) mass is 354 g/mol. The average Bonchev–Trinajstić information content (AvgIpc) is 3.21. The predicted molar refractivity (Wildman–Crippen MR) is 86.3 cm³/mol. The molecular weight excluding hydrogens is 339 g/mol. The van der Waals surface area contributed by atoms with Gasteiger partial charge in [-0.3, -0.25) is 4.79 Å². The third kappa shape index (κ3) is 3.29. The largest absolute Gasteiger partial charge is 0.325 e. The van der Waals surface area contributed by atoms with Crippen molar-refractivity contribution < 1.29 is 17.6 Å². The van der Waals surface area contributed by atoms with Crippen molar-refractivity contribution in [1.82, 2.24) is 4.31 Å². The Morgan fingerprint density at radius 1 is 1.26 bits per heavy atom. The van der Waals surface area contributed by atoms with Crippen molar-refractivity contribution in [2.45, 2.75) is 23.1 Å². The van der Waals surface area contributed by atoms with Crippen molar-refractivity contribution in [1.29, 1.82) is 0 Å². The van der Waals surface area contributed by atoms with Crippen LogP contribution in [0.25, 0.3) is 0 Å². The lowest BCUT2D eigenvalue weighted by atomic mass is 10.2. The molecule has 1 fully saturated rings. The van der Waals surface area contributed by atoms with Crippen LogP contribution in [-0.4, -0.2) is 31.2 Å². The minimum absolute atomic E-state index is 0.235. The van der Waals surface area contributed by atoms with Gasteiger partial charge in [-0.1, -0.05) is 6.07 Å². The molecule has 8 heteroatoms. The van der Waals surface area contributed by atoms with Gasteiger partial charge in [-0.15, -0.1) is 11.3 Å². The molecule has 23 heavy (non-hydrogen) atoms. The van der Waals surface area contributed by atoms with Gasteiger partial charge in [-0.25, -0.2) is 12.8 Å². The molecule has 3 rings (SSSR count). The van der Waals surface area contributed by atoms with Crippen molar-refractivity contribution in [2.24, 2.45) is 0 Å². The van der Waals surface area contributed by atoms with E-state index in [4.69, 9.17) is 0 Å². The van der Waals surface area contributed by atoms with E-state index >= 15 is 0 Å². The molecule has 0 saturated carbocycles. The second kappa shape index (κ2) is 6.38. The van der Waals surface area contributed by atoms with Gasteiger partial charge in [0.1, 0.15) is 16.1 Å². The van der Waals surface area contributed by atoms with Crippen LogP contribution in [0.3, 0.4) is 0 Å². The van der Waals surface area contributed by atoms with Gasteiger partial charge in [-0.2, -0.15) is 4.31 Å². The molecule has 1 aromatic carbocycles. The van der Waals surface area contributed by atoms with Crippen LogP contribution >= 0.6 is 11.3 Å². The van der Waals surface area contributed by atoms with Crippen molar-refractivity contribution >= 4 is 33.0 Å². The Kier molecular flexibility index (Phi) is 4.47. The Morgan fingerprint density at radius 2 is 2.00 bits per heavy atom.